The lowest BCUT2D eigenvalue weighted by atomic mass is 9.82. The van der Waals surface area contributed by atoms with Gasteiger partial charge in [0.1, 0.15) is 5.54 Å². The van der Waals surface area contributed by atoms with Crippen molar-refractivity contribution in [2.24, 2.45) is 5.92 Å². The van der Waals surface area contributed by atoms with Gasteiger partial charge in [-0.05, 0) is 133 Å². The van der Waals surface area contributed by atoms with Crippen LogP contribution in [0.1, 0.15) is 108 Å². The van der Waals surface area contributed by atoms with E-state index in [4.69, 9.17) is 17.0 Å². The quantitative estimate of drug-likeness (QED) is 0.200. The number of amides is 4. The highest BCUT2D eigenvalue weighted by Crippen LogP contribution is 2.41. The molecule has 2 N–H and O–H groups in total. The Kier molecular flexibility index (Phi) is 12.2. The number of alkyl halides is 3. The van der Waals surface area contributed by atoms with Crippen molar-refractivity contribution < 1.29 is 37.1 Å². The first-order valence-electron chi connectivity index (χ1n) is 19.4. The molecule has 3 saturated heterocycles. The van der Waals surface area contributed by atoms with E-state index in [9.17, 15) is 37.6 Å². The zero-order chi connectivity index (χ0) is 40.5. The normalized spacial score (nSPS) is 27.2. The Bertz CT molecular complexity index is 1880. The highest BCUT2D eigenvalue weighted by atomic mass is 32.1. The van der Waals surface area contributed by atoms with Gasteiger partial charge in [-0.2, -0.15) is 18.4 Å². The van der Waals surface area contributed by atoms with Crippen LogP contribution < -0.4 is 15.5 Å². The van der Waals surface area contributed by atoms with E-state index in [1.165, 1.54) is 11.0 Å². The number of hydrogen-bond acceptors (Lipinski definition) is 8. The molecule has 15 heteroatoms. The van der Waals surface area contributed by atoms with Crippen LogP contribution in [0, 0.1) is 17.2 Å². The molecule has 4 aliphatic rings. The van der Waals surface area contributed by atoms with E-state index in [1.807, 2.05) is 17.0 Å². The maximum Gasteiger partial charge on any atom is 0.417 e. The van der Waals surface area contributed by atoms with Crippen LogP contribution in [0.15, 0.2) is 42.5 Å². The number of nitriles is 1. The van der Waals surface area contributed by atoms with Crippen LogP contribution in [0.5, 0.6) is 0 Å². The molecule has 1 saturated carbocycles. The van der Waals surface area contributed by atoms with Crippen molar-refractivity contribution in [1.82, 2.24) is 15.1 Å². The van der Waals surface area contributed by atoms with Crippen LogP contribution in [-0.4, -0.2) is 81.5 Å². The van der Waals surface area contributed by atoms with Crippen molar-refractivity contribution in [3.05, 3.63) is 59.2 Å². The Morgan fingerprint density at radius 2 is 1.68 bits per heavy atom. The molecule has 4 amide bonds. The molecule has 3 aliphatic heterocycles. The predicted molar refractivity (Wildman–Crippen MR) is 207 cm³/mol. The maximum absolute atomic E-state index is 13.7. The molecule has 1 aliphatic carbocycles. The SMILES string of the molecule is C[C@@H]1CC(OCC[C@H]2CC[C@H](N3C(=S)N(c4ccc(C#N)c(C(F)(F)F)c4)C(=O)C3(C)C)CC2)C[C@H](C)N1CC(=O)Nc1ccc(C2CCC(=O)NC2=O)cc1. The van der Waals surface area contributed by atoms with Gasteiger partial charge in [-0.15, -0.1) is 0 Å². The van der Waals surface area contributed by atoms with Crippen molar-refractivity contribution >= 4 is 52.3 Å². The maximum atomic E-state index is 13.7. The zero-order valence-corrected chi connectivity index (χ0v) is 33.0. The van der Waals surface area contributed by atoms with Gasteiger partial charge in [0.25, 0.3) is 5.91 Å². The fourth-order valence-corrected chi connectivity index (χ4v) is 9.50. The molecule has 2 aromatic carbocycles. The molecule has 6 rings (SSSR count). The number of imide groups is 1. The van der Waals surface area contributed by atoms with Gasteiger partial charge in [0.2, 0.25) is 17.7 Å². The highest BCUT2D eigenvalue weighted by Gasteiger charge is 2.52. The molecule has 2 aromatic rings. The first-order valence-corrected chi connectivity index (χ1v) is 19.8. The van der Waals surface area contributed by atoms with E-state index in [2.05, 4.69) is 29.4 Å². The lowest BCUT2D eigenvalue weighted by Gasteiger charge is -2.42. The third-order valence-electron chi connectivity index (χ3n) is 12.0. The molecular weight excluding hydrogens is 746 g/mol. The molecule has 4 fully saturated rings. The van der Waals surface area contributed by atoms with Gasteiger partial charge in [0.05, 0.1) is 41.5 Å². The van der Waals surface area contributed by atoms with Gasteiger partial charge in [-0.3, -0.25) is 34.3 Å². The number of hydrogen-bond donors (Lipinski definition) is 2. The number of nitrogens with zero attached hydrogens (tertiary/aromatic N) is 4. The van der Waals surface area contributed by atoms with Gasteiger partial charge < -0.3 is 15.0 Å². The van der Waals surface area contributed by atoms with Crippen molar-refractivity contribution in [3.8, 4) is 6.07 Å². The number of ether oxygens (including phenoxy) is 1. The summed E-state index contributed by atoms with van der Waals surface area (Å²) in [5.41, 5.74) is -1.20. The fourth-order valence-electron chi connectivity index (χ4n) is 8.93. The van der Waals surface area contributed by atoms with Crippen LogP contribution >= 0.6 is 12.2 Å². The second-order valence-corrected chi connectivity index (χ2v) is 16.5. The van der Waals surface area contributed by atoms with E-state index in [-0.39, 0.29) is 65.2 Å². The van der Waals surface area contributed by atoms with Crippen molar-refractivity contribution in [1.29, 1.82) is 5.26 Å². The van der Waals surface area contributed by atoms with Crippen LogP contribution in [-0.2, 0) is 30.1 Å². The van der Waals surface area contributed by atoms with E-state index in [1.54, 1.807) is 32.0 Å². The van der Waals surface area contributed by atoms with Crippen molar-refractivity contribution in [3.63, 3.8) is 0 Å². The van der Waals surface area contributed by atoms with Crippen molar-refractivity contribution in [2.45, 2.75) is 127 Å². The molecule has 0 radical (unpaired) electrons. The Balaban J connectivity index is 0.942. The van der Waals surface area contributed by atoms with Gasteiger partial charge in [0.15, 0.2) is 5.11 Å². The number of anilines is 2. The van der Waals surface area contributed by atoms with Crippen LogP contribution in [0.3, 0.4) is 0 Å². The minimum atomic E-state index is -4.76. The van der Waals surface area contributed by atoms with Crippen molar-refractivity contribution in [2.75, 3.05) is 23.4 Å². The molecule has 56 heavy (non-hydrogen) atoms. The monoisotopic (exact) mass is 794 g/mol. The molecule has 0 bridgehead atoms. The molecule has 2 unspecified atom stereocenters. The van der Waals surface area contributed by atoms with Gasteiger partial charge in [-0.1, -0.05) is 12.1 Å². The summed E-state index contributed by atoms with van der Waals surface area (Å²) in [6.45, 7) is 8.59. The number of halogens is 3. The third-order valence-corrected chi connectivity index (χ3v) is 12.4. The lowest BCUT2D eigenvalue weighted by molar-refractivity contribution is -0.138. The lowest BCUT2D eigenvalue weighted by Crippen LogP contribution is -2.51. The standard InChI is InChI=1S/C41H49F3N6O5S/c1-24-19-32(20-25(2)48(24)23-36(52)46-29-10-7-27(8-11-29)33-15-16-35(51)47-37(33)53)55-18-17-26-5-12-30(13-6-26)50-39(56)49(38(54)40(50,3)4)31-14-9-28(22-45)34(21-31)41(42,43)44/h7-11,14,21,24-26,30,32-33H,5-6,12-13,15-20,23H2,1-4H3,(H,46,52)(H,47,51,53)/t24-,25+,26-,30-,32?,33?. The molecule has 0 aromatic heterocycles. The topological polar surface area (TPSA) is 135 Å². The number of carbonyl (C=O) groups excluding carboxylic acids is 4. The van der Waals surface area contributed by atoms with Crippen LogP contribution in [0.25, 0.3) is 0 Å². The Hall–Kier alpha value is -4.39. The molecular formula is C41H49F3N6O5S. The number of benzene rings is 2. The first kappa shape index (κ1) is 41.2. The van der Waals surface area contributed by atoms with E-state index in [0.717, 1.165) is 62.6 Å². The largest absolute Gasteiger partial charge is 0.417 e. The first-order chi connectivity index (χ1) is 26.5. The summed E-state index contributed by atoms with van der Waals surface area (Å²) in [6, 6.07) is 12.3. The highest BCUT2D eigenvalue weighted by molar-refractivity contribution is 7.80. The zero-order valence-electron chi connectivity index (χ0n) is 32.2. The second-order valence-electron chi connectivity index (χ2n) is 16.2. The number of likely N-dealkylation sites (tertiary alicyclic amines) is 1. The smallest absolute Gasteiger partial charge is 0.378 e. The van der Waals surface area contributed by atoms with E-state index < -0.39 is 28.7 Å². The number of rotatable bonds is 10. The summed E-state index contributed by atoms with van der Waals surface area (Å²) in [5.74, 6) is -1.01. The summed E-state index contributed by atoms with van der Waals surface area (Å²) in [5, 5.41) is 14.7. The minimum Gasteiger partial charge on any atom is -0.378 e. The predicted octanol–water partition coefficient (Wildman–Crippen LogP) is 6.65. The van der Waals surface area contributed by atoms with Gasteiger partial charge >= 0.3 is 6.18 Å². The molecule has 11 nitrogen and oxygen atoms in total. The average molecular weight is 795 g/mol. The van der Waals surface area contributed by atoms with Gasteiger partial charge in [-0.25, -0.2) is 0 Å². The molecule has 3 heterocycles. The fraction of sp³-hybridized carbons (Fsp3) is 0.561. The minimum absolute atomic E-state index is 0.00104. The Morgan fingerprint density at radius 1 is 1.02 bits per heavy atom. The summed E-state index contributed by atoms with van der Waals surface area (Å²) in [7, 11) is 0. The molecule has 300 valence electrons. The molecule has 4 atom stereocenters. The summed E-state index contributed by atoms with van der Waals surface area (Å²) >= 11 is 5.75. The number of piperidine rings is 2. The third kappa shape index (κ3) is 8.77. The number of thiocarbonyl (C=S) groups is 1. The van der Waals surface area contributed by atoms with Gasteiger partial charge in [0, 0.05) is 36.8 Å². The summed E-state index contributed by atoms with van der Waals surface area (Å²) < 4.78 is 47.6. The second kappa shape index (κ2) is 16.6. The summed E-state index contributed by atoms with van der Waals surface area (Å²) in [6.07, 6.45) is 2.00. The Labute approximate surface area is 330 Å². The Morgan fingerprint density at radius 3 is 2.29 bits per heavy atom. The molecule has 0 spiro atoms. The average Bonchev–Trinajstić information content (AvgIpc) is 3.32. The summed E-state index contributed by atoms with van der Waals surface area (Å²) in [4.78, 5) is 55.6. The number of carbonyl (C=O) groups is 4. The van der Waals surface area contributed by atoms with E-state index >= 15 is 0 Å². The van der Waals surface area contributed by atoms with Crippen LogP contribution in [0.4, 0.5) is 24.5 Å². The van der Waals surface area contributed by atoms with Crippen LogP contribution in [0.2, 0.25) is 0 Å². The van der Waals surface area contributed by atoms with E-state index in [0.29, 0.717) is 31.1 Å². The number of nitrogens with one attached hydrogen (secondary N) is 2.